The zero-order valence-corrected chi connectivity index (χ0v) is 13.4. The standard InChI is InChI=1S/C15H16N6O4/c1-16-15-5-6-20(8-15)10-3-2-9(13(22)23)17-12(10)21(15)14(24)18-11-4-7-25-19-11/h2-4,7,16H,5-6,8H2,1H3,(H,22,23)(H,18,19,24)/t15-/m0/s1. The van der Waals surface area contributed by atoms with Crippen LogP contribution in [-0.2, 0) is 0 Å². The van der Waals surface area contributed by atoms with Gasteiger partial charge in [0.05, 0.1) is 12.2 Å². The van der Waals surface area contributed by atoms with Gasteiger partial charge in [0.1, 0.15) is 11.9 Å². The van der Waals surface area contributed by atoms with Crippen LogP contribution in [0.4, 0.5) is 22.1 Å². The largest absolute Gasteiger partial charge is 0.477 e. The fourth-order valence-corrected chi connectivity index (χ4v) is 3.41. The number of carboxylic acids is 1. The average molecular weight is 344 g/mol. The Morgan fingerprint density at radius 1 is 1.36 bits per heavy atom. The lowest BCUT2D eigenvalue weighted by molar-refractivity contribution is 0.0690. The van der Waals surface area contributed by atoms with Crippen molar-refractivity contribution in [1.29, 1.82) is 0 Å². The normalized spacial score (nSPS) is 21.2. The minimum absolute atomic E-state index is 0.119. The molecule has 2 bridgehead atoms. The number of likely N-dealkylation sites (N-methyl/N-ethyl adjacent to an activating group) is 1. The Labute approximate surface area is 142 Å². The number of amides is 2. The second-order valence-electron chi connectivity index (χ2n) is 5.95. The number of aromatic nitrogens is 2. The molecule has 1 saturated heterocycles. The summed E-state index contributed by atoms with van der Waals surface area (Å²) in [6, 6.07) is 4.20. The molecule has 1 atom stereocenters. The molecule has 25 heavy (non-hydrogen) atoms. The number of anilines is 3. The van der Waals surface area contributed by atoms with E-state index in [1.54, 1.807) is 13.1 Å². The summed E-state index contributed by atoms with van der Waals surface area (Å²) in [5.41, 5.74) is -0.0688. The third-order valence-corrected chi connectivity index (χ3v) is 4.64. The summed E-state index contributed by atoms with van der Waals surface area (Å²) < 4.78 is 4.74. The Kier molecular flexibility index (Phi) is 3.35. The quantitative estimate of drug-likeness (QED) is 0.752. The molecule has 2 amide bonds. The van der Waals surface area contributed by atoms with E-state index < -0.39 is 17.7 Å². The second kappa shape index (κ2) is 5.45. The maximum atomic E-state index is 12.9. The number of carbonyl (C=O) groups is 2. The summed E-state index contributed by atoms with van der Waals surface area (Å²) >= 11 is 0. The minimum Gasteiger partial charge on any atom is -0.477 e. The van der Waals surface area contributed by atoms with Crippen molar-refractivity contribution >= 4 is 29.3 Å². The highest BCUT2D eigenvalue weighted by molar-refractivity contribution is 6.05. The van der Waals surface area contributed by atoms with E-state index in [9.17, 15) is 14.7 Å². The van der Waals surface area contributed by atoms with Crippen LogP contribution in [0.25, 0.3) is 0 Å². The molecule has 0 spiro atoms. The van der Waals surface area contributed by atoms with Crippen LogP contribution in [0.15, 0.2) is 29.0 Å². The lowest BCUT2D eigenvalue weighted by atomic mass is 10.1. The van der Waals surface area contributed by atoms with Gasteiger partial charge in [-0.1, -0.05) is 5.16 Å². The molecule has 0 aliphatic carbocycles. The molecule has 4 heterocycles. The maximum Gasteiger partial charge on any atom is 0.354 e. The van der Waals surface area contributed by atoms with Crippen molar-refractivity contribution in [2.75, 3.05) is 35.3 Å². The Morgan fingerprint density at radius 2 is 2.20 bits per heavy atom. The lowest BCUT2D eigenvalue weighted by Crippen LogP contribution is -2.65. The van der Waals surface area contributed by atoms with Crippen molar-refractivity contribution < 1.29 is 19.2 Å². The fourth-order valence-electron chi connectivity index (χ4n) is 3.41. The molecule has 2 aromatic heterocycles. The molecule has 0 radical (unpaired) electrons. The molecule has 3 N–H and O–H groups in total. The van der Waals surface area contributed by atoms with Gasteiger partial charge >= 0.3 is 12.0 Å². The smallest absolute Gasteiger partial charge is 0.354 e. The number of pyridine rings is 1. The van der Waals surface area contributed by atoms with Gasteiger partial charge in [-0.3, -0.25) is 15.5 Å². The predicted molar refractivity (Wildman–Crippen MR) is 87.8 cm³/mol. The van der Waals surface area contributed by atoms with E-state index in [0.29, 0.717) is 18.8 Å². The van der Waals surface area contributed by atoms with Gasteiger partial charge in [0, 0.05) is 19.0 Å². The molecule has 4 rings (SSSR count). The van der Waals surface area contributed by atoms with Crippen LogP contribution in [0.2, 0.25) is 0 Å². The van der Waals surface area contributed by atoms with E-state index in [1.165, 1.54) is 23.3 Å². The number of aromatic carboxylic acids is 1. The molecule has 0 saturated carbocycles. The van der Waals surface area contributed by atoms with Crippen molar-refractivity contribution in [3.05, 3.63) is 30.2 Å². The first-order valence-electron chi connectivity index (χ1n) is 7.74. The highest BCUT2D eigenvalue weighted by atomic mass is 16.5. The van der Waals surface area contributed by atoms with Gasteiger partial charge in [-0.2, -0.15) is 0 Å². The summed E-state index contributed by atoms with van der Waals surface area (Å²) in [6.07, 6.45) is 2.03. The van der Waals surface area contributed by atoms with Crippen molar-refractivity contribution in [3.8, 4) is 0 Å². The molecule has 2 aliphatic rings. The van der Waals surface area contributed by atoms with Gasteiger partial charge in [-0.05, 0) is 19.2 Å². The number of nitrogens with zero attached hydrogens (tertiary/aromatic N) is 4. The SMILES string of the molecule is CN[C@]12CCN(C1)c1ccc(C(=O)O)nc1N2C(=O)Nc1ccon1. The Bertz CT molecular complexity index is 839. The van der Waals surface area contributed by atoms with Crippen molar-refractivity contribution in [2.45, 2.75) is 12.1 Å². The topological polar surface area (TPSA) is 124 Å². The summed E-state index contributed by atoms with van der Waals surface area (Å²) in [5, 5.41) is 18.8. The van der Waals surface area contributed by atoms with Crippen molar-refractivity contribution in [3.63, 3.8) is 0 Å². The monoisotopic (exact) mass is 344 g/mol. The second-order valence-corrected chi connectivity index (χ2v) is 5.95. The van der Waals surface area contributed by atoms with Crippen LogP contribution < -0.4 is 20.4 Å². The van der Waals surface area contributed by atoms with E-state index in [1.807, 2.05) is 0 Å². The predicted octanol–water partition coefficient (Wildman–Crippen LogP) is 0.946. The van der Waals surface area contributed by atoms with Gasteiger partial charge in [-0.25, -0.2) is 14.6 Å². The highest BCUT2D eigenvalue weighted by Gasteiger charge is 2.51. The first-order valence-corrected chi connectivity index (χ1v) is 7.74. The zero-order chi connectivity index (χ0) is 17.6. The molecule has 10 nitrogen and oxygen atoms in total. The maximum absolute atomic E-state index is 12.9. The van der Waals surface area contributed by atoms with E-state index in [4.69, 9.17) is 4.52 Å². The van der Waals surface area contributed by atoms with E-state index in [0.717, 1.165) is 12.2 Å². The van der Waals surface area contributed by atoms with Crippen LogP contribution in [-0.4, -0.2) is 53.0 Å². The fraction of sp³-hybridized carbons (Fsp3) is 0.333. The van der Waals surface area contributed by atoms with Crippen LogP contribution in [0, 0.1) is 0 Å². The number of hydrogen-bond acceptors (Lipinski definition) is 7. The first kappa shape index (κ1) is 15.4. The summed E-state index contributed by atoms with van der Waals surface area (Å²) in [7, 11) is 1.77. The Balaban J connectivity index is 1.81. The number of fused-ring (bicyclic) bond motifs is 4. The summed E-state index contributed by atoms with van der Waals surface area (Å²) in [5.74, 6) is -0.572. The number of hydrogen-bond donors (Lipinski definition) is 3. The first-order chi connectivity index (χ1) is 12.0. The molecular weight excluding hydrogens is 328 g/mol. The van der Waals surface area contributed by atoms with Crippen molar-refractivity contribution in [1.82, 2.24) is 15.5 Å². The van der Waals surface area contributed by atoms with Crippen LogP contribution in [0.1, 0.15) is 16.9 Å². The van der Waals surface area contributed by atoms with Gasteiger partial charge in [0.25, 0.3) is 0 Å². The molecular formula is C15H16N6O4. The average Bonchev–Trinajstić information content (AvgIpc) is 3.24. The van der Waals surface area contributed by atoms with E-state index in [2.05, 4.69) is 25.7 Å². The van der Waals surface area contributed by atoms with E-state index in [-0.39, 0.29) is 11.5 Å². The zero-order valence-electron chi connectivity index (χ0n) is 13.4. The lowest BCUT2D eigenvalue weighted by Gasteiger charge is -2.44. The third kappa shape index (κ3) is 2.30. The number of carboxylic acid groups (broad SMARTS) is 1. The number of nitrogens with one attached hydrogen (secondary N) is 2. The molecule has 2 aliphatic heterocycles. The summed E-state index contributed by atoms with van der Waals surface area (Å²) in [6.45, 7) is 1.31. The molecule has 0 aromatic carbocycles. The molecule has 2 aromatic rings. The van der Waals surface area contributed by atoms with Crippen molar-refractivity contribution in [2.24, 2.45) is 0 Å². The molecule has 1 fully saturated rings. The highest BCUT2D eigenvalue weighted by Crippen LogP contribution is 2.43. The van der Waals surface area contributed by atoms with Crippen LogP contribution in [0.3, 0.4) is 0 Å². The Morgan fingerprint density at radius 3 is 2.88 bits per heavy atom. The molecule has 0 unspecified atom stereocenters. The number of carbonyl (C=O) groups excluding carboxylic acids is 1. The Hall–Kier alpha value is -3.14. The third-order valence-electron chi connectivity index (χ3n) is 4.64. The minimum atomic E-state index is -1.15. The van der Waals surface area contributed by atoms with Crippen LogP contribution >= 0.6 is 0 Å². The molecule has 10 heteroatoms. The van der Waals surface area contributed by atoms with E-state index >= 15 is 0 Å². The van der Waals surface area contributed by atoms with Gasteiger partial charge < -0.3 is 14.5 Å². The van der Waals surface area contributed by atoms with Gasteiger partial charge in [-0.15, -0.1) is 0 Å². The van der Waals surface area contributed by atoms with Crippen LogP contribution in [0.5, 0.6) is 0 Å². The molecule has 130 valence electrons. The number of rotatable bonds is 3. The van der Waals surface area contributed by atoms with Gasteiger partial charge in [0.2, 0.25) is 0 Å². The number of urea groups is 1. The van der Waals surface area contributed by atoms with Gasteiger partial charge in [0.15, 0.2) is 17.3 Å². The summed E-state index contributed by atoms with van der Waals surface area (Å²) in [4.78, 5) is 32.0.